The van der Waals surface area contributed by atoms with Gasteiger partial charge in [-0.2, -0.15) is 0 Å². The van der Waals surface area contributed by atoms with Crippen molar-refractivity contribution in [3.8, 4) is 0 Å². The number of esters is 1. The van der Waals surface area contributed by atoms with Crippen LogP contribution >= 0.6 is 11.6 Å². The van der Waals surface area contributed by atoms with Gasteiger partial charge in [0.05, 0.1) is 4.92 Å². The largest absolute Gasteiger partial charge is 0.460 e. The van der Waals surface area contributed by atoms with Crippen LogP contribution in [0.4, 0.5) is 5.69 Å². The summed E-state index contributed by atoms with van der Waals surface area (Å²) < 4.78 is 4.97. The summed E-state index contributed by atoms with van der Waals surface area (Å²) in [5, 5.41) is 13.3. The Morgan fingerprint density at radius 1 is 1.25 bits per heavy atom. The van der Waals surface area contributed by atoms with E-state index in [4.69, 9.17) is 16.3 Å². The fraction of sp³-hybridized carbons (Fsp3) is 0.133. The number of amides is 1. The molecule has 0 saturated carbocycles. The van der Waals surface area contributed by atoms with Crippen LogP contribution in [-0.2, 0) is 16.1 Å². The molecule has 1 aromatic carbocycles. The standard InChI is InChI=1S/C15H12ClN3O5/c16-11-5-6-17-13(7-11)15(21)18-8-14(20)24-9-10-1-3-12(4-2-10)19(22)23/h1-7H,8-9H2,(H,18,21). The summed E-state index contributed by atoms with van der Waals surface area (Å²) in [7, 11) is 0. The zero-order valence-electron chi connectivity index (χ0n) is 12.3. The molecule has 0 radical (unpaired) electrons. The number of hydrogen-bond acceptors (Lipinski definition) is 6. The number of carbonyl (C=O) groups is 2. The number of nitro groups is 1. The highest BCUT2D eigenvalue weighted by Crippen LogP contribution is 2.12. The van der Waals surface area contributed by atoms with Crippen LogP contribution in [0.3, 0.4) is 0 Å². The number of pyridine rings is 1. The number of nitrogens with zero attached hydrogens (tertiary/aromatic N) is 2. The Morgan fingerprint density at radius 2 is 1.96 bits per heavy atom. The van der Waals surface area contributed by atoms with E-state index in [1.54, 1.807) is 0 Å². The van der Waals surface area contributed by atoms with Crippen LogP contribution in [0.5, 0.6) is 0 Å². The molecule has 24 heavy (non-hydrogen) atoms. The van der Waals surface area contributed by atoms with Crippen LogP contribution in [0.1, 0.15) is 16.1 Å². The SMILES string of the molecule is O=C(CNC(=O)c1cc(Cl)ccn1)OCc1ccc([N+](=O)[O-])cc1. The molecule has 2 aromatic rings. The van der Waals surface area contributed by atoms with Gasteiger partial charge in [0, 0.05) is 23.4 Å². The fourth-order valence-electron chi connectivity index (χ4n) is 1.70. The van der Waals surface area contributed by atoms with Gasteiger partial charge in [0.15, 0.2) is 0 Å². The fourth-order valence-corrected chi connectivity index (χ4v) is 1.86. The molecular formula is C15H12ClN3O5. The van der Waals surface area contributed by atoms with Gasteiger partial charge in [0.25, 0.3) is 11.6 Å². The van der Waals surface area contributed by atoms with Crippen molar-refractivity contribution in [1.29, 1.82) is 0 Å². The first kappa shape index (κ1) is 17.4. The summed E-state index contributed by atoms with van der Waals surface area (Å²) in [6.45, 7) is -0.387. The van der Waals surface area contributed by atoms with Gasteiger partial charge in [-0.1, -0.05) is 11.6 Å². The maximum absolute atomic E-state index is 11.8. The van der Waals surface area contributed by atoms with Gasteiger partial charge in [-0.15, -0.1) is 0 Å². The number of non-ortho nitro benzene ring substituents is 1. The number of benzene rings is 1. The lowest BCUT2D eigenvalue weighted by Crippen LogP contribution is -2.31. The number of hydrogen-bond donors (Lipinski definition) is 1. The van der Waals surface area contributed by atoms with Crippen LogP contribution in [-0.4, -0.2) is 28.3 Å². The van der Waals surface area contributed by atoms with Crippen LogP contribution in [0, 0.1) is 10.1 Å². The number of nitro benzene ring substituents is 1. The van der Waals surface area contributed by atoms with Crippen molar-refractivity contribution in [1.82, 2.24) is 10.3 Å². The van der Waals surface area contributed by atoms with E-state index in [2.05, 4.69) is 10.3 Å². The highest BCUT2D eigenvalue weighted by atomic mass is 35.5. The molecule has 8 nitrogen and oxygen atoms in total. The van der Waals surface area contributed by atoms with E-state index >= 15 is 0 Å². The molecule has 0 aliphatic heterocycles. The molecule has 1 amide bonds. The third-order valence-electron chi connectivity index (χ3n) is 2.89. The van der Waals surface area contributed by atoms with Crippen molar-refractivity contribution in [2.45, 2.75) is 6.61 Å². The Kier molecular flexibility index (Phi) is 5.80. The van der Waals surface area contributed by atoms with E-state index in [0.717, 1.165) is 0 Å². The van der Waals surface area contributed by atoms with E-state index in [1.807, 2.05) is 0 Å². The van der Waals surface area contributed by atoms with Crippen LogP contribution in [0.2, 0.25) is 5.02 Å². The third kappa shape index (κ3) is 5.03. The molecular weight excluding hydrogens is 338 g/mol. The number of ether oxygens (including phenoxy) is 1. The Bertz CT molecular complexity index is 764. The van der Waals surface area contributed by atoms with Gasteiger partial charge in [-0.05, 0) is 29.8 Å². The third-order valence-corrected chi connectivity index (χ3v) is 3.13. The highest BCUT2D eigenvalue weighted by Gasteiger charge is 2.11. The second kappa shape index (κ2) is 8.02. The number of halogens is 1. The minimum atomic E-state index is -0.649. The first-order valence-corrected chi connectivity index (χ1v) is 7.12. The van der Waals surface area contributed by atoms with Gasteiger partial charge in [0.2, 0.25) is 0 Å². The zero-order valence-corrected chi connectivity index (χ0v) is 13.0. The number of nitrogens with one attached hydrogen (secondary N) is 1. The minimum Gasteiger partial charge on any atom is -0.460 e. The van der Waals surface area contributed by atoms with E-state index in [1.165, 1.54) is 42.6 Å². The van der Waals surface area contributed by atoms with Crippen molar-refractivity contribution < 1.29 is 19.2 Å². The lowest BCUT2D eigenvalue weighted by Gasteiger charge is -2.06. The smallest absolute Gasteiger partial charge is 0.325 e. The van der Waals surface area contributed by atoms with Crippen LogP contribution in [0.25, 0.3) is 0 Å². The quantitative estimate of drug-likeness (QED) is 0.485. The van der Waals surface area contributed by atoms with E-state index in [0.29, 0.717) is 10.6 Å². The first-order valence-electron chi connectivity index (χ1n) is 6.74. The molecule has 124 valence electrons. The number of carbonyl (C=O) groups excluding carboxylic acids is 2. The minimum absolute atomic E-state index is 0.0497. The van der Waals surface area contributed by atoms with Gasteiger partial charge in [-0.3, -0.25) is 24.7 Å². The second-order valence-corrected chi connectivity index (χ2v) is 5.06. The Hall–Kier alpha value is -3.00. The molecule has 1 N–H and O–H groups in total. The van der Waals surface area contributed by atoms with Crippen molar-refractivity contribution in [3.63, 3.8) is 0 Å². The summed E-state index contributed by atoms with van der Waals surface area (Å²) in [5.41, 5.74) is 0.633. The monoisotopic (exact) mass is 349 g/mol. The molecule has 0 saturated heterocycles. The lowest BCUT2D eigenvalue weighted by molar-refractivity contribution is -0.384. The molecule has 9 heteroatoms. The average Bonchev–Trinajstić information content (AvgIpc) is 2.58. The molecule has 0 atom stereocenters. The summed E-state index contributed by atoms with van der Waals surface area (Å²) in [5.74, 6) is -1.20. The van der Waals surface area contributed by atoms with Gasteiger partial charge in [-0.25, -0.2) is 0 Å². The summed E-state index contributed by atoms with van der Waals surface area (Å²) >= 11 is 5.75. The predicted molar refractivity (Wildman–Crippen MR) is 84.5 cm³/mol. The molecule has 0 aliphatic carbocycles. The van der Waals surface area contributed by atoms with Gasteiger partial charge < -0.3 is 10.1 Å². The van der Waals surface area contributed by atoms with E-state index < -0.39 is 16.8 Å². The Labute approximate surface area is 141 Å². The van der Waals surface area contributed by atoms with E-state index in [9.17, 15) is 19.7 Å². The first-order chi connectivity index (χ1) is 11.5. The number of rotatable bonds is 6. The highest BCUT2D eigenvalue weighted by molar-refractivity contribution is 6.30. The Morgan fingerprint density at radius 3 is 2.58 bits per heavy atom. The average molecular weight is 350 g/mol. The van der Waals surface area contributed by atoms with Gasteiger partial charge in [0.1, 0.15) is 18.8 Å². The summed E-state index contributed by atoms with van der Waals surface area (Å²) in [4.78, 5) is 37.2. The molecule has 2 rings (SSSR count). The molecule has 0 bridgehead atoms. The van der Waals surface area contributed by atoms with Crippen LogP contribution in [0.15, 0.2) is 42.6 Å². The second-order valence-electron chi connectivity index (χ2n) is 4.63. The van der Waals surface area contributed by atoms with Crippen molar-refractivity contribution in [3.05, 3.63) is 69.0 Å². The molecule has 0 spiro atoms. The molecule has 0 aliphatic rings. The van der Waals surface area contributed by atoms with Crippen molar-refractivity contribution in [2.24, 2.45) is 0 Å². The topological polar surface area (TPSA) is 111 Å². The van der Waals surface area contributed by atoms with E-state index in [-0.39, 0.29) is 24.5 Å². The zero-order chi connectivity index (χ0) is 17.5. The lowest BCUT2D eigenvalue weighted by atomic mass is 10.2. The van der Waals surface area contributed by atoms with Gasteiger partial charge >= 0.3 is 5.97 Å². The van der Waals surface area contributed by atoms with Crippen molar-refractivity contribution >= 4 is 29.2 Å². The Balaban J connectivity index is 1.79. The molecule has 0 fully saturated rings. The molecule has 1 heterocycles. The number of aromatic nitrogens is 1. The maximum Gasteiger partial charge on any atom is 0.325 e. The van der Waals surface area contributed by atoms with Crippen LogP contribution < -0.4 is 5.32 Å². The molecule has 1 aromatic heterocycles. The normalized spacial score (nSPS) is 10.0. The van der Waals surface area contributed by atoms with Crippen molar-refractivity contribution in [2.75, 3.05) is 6.54 Å². The predicted octanol–water partition coefficient (Wildman–Crippen LogP) is 2.12. The maximum atomic E-state index is 11.8. The summed E-state index contributed by atoms with van der Waals surface area (Å²) in [6, 6.07) is 8.50. The molecule has 0 unspecified atom stereocenters. The summed E-state index contributed by atoms with van der Waals surface area (Å²) in [6.07, 6.45) is 1.38.